The third-order valence-electron chi connectivity index (χ3n) is 1.61. The molecule has 0 atom stereocenters. The SMILES string of the molecule is [2H]C1(O)CCN(C(=O)O)CC1. The molecule has 4 heteroatoms. The first kappa shape index (κ1) is 5.97. The molecular formula is C6H11NO3. The zero-order valence-corrected chi connectivity index (χ0v) is 5.58. The van der Waals surface area contributed by atoms with Crippen LogP contribution in [0.4, 0.5) is 4.79 Å². The van der Waals surface area contributed by atoms with Gasteiger partial charge in [0.1, 0.15) is 0 Å². The van der Waals surface area contributed by atoms with Gasteiger partial charge in [-0.15, -0.1) is 0 Å². The molecule has 1 saturated heterocycles. The van der Waals surface area contributed by atoms with Gasteiger partial charge in [-0.1, -0.05) is 0 Å². The Balaban J connectivity index is 2.42. The van der Waals surface area contributed by atoms with E-state index in [1.807, 2.05) is 0 Å². The highest BCUT2D eigenvalue weighted by molar-refractivity contribution is 5.64. The van der Waals surface area contributed by atoms with Gasteiger partial charge in [0, 0.05) is 13.1 Å². The molecule has 1 aliphatic heterocycles. The van der Waals surface area contributed by atoms with Crippen molar-refractivity contribution in [2.75, 3.05) is 13.1 Å². The first-order valence-corrected chi connectivity index (χ1v) is 3.21. The number of nitrogens with zero attached hydrogens (tertiary/aromatic N) is 1. The molecule has 0 saturated carbocycles. The van der Waals surface area contributed by atoms with E-state index < -0.39 is 12.2 Å². The number of rotatable bonds is 0. The molecule has 1 heterocycles. The summed E-state index contributed by atoms with van der Waals surface area (Å²) < 4.78 is 7.19. The quantitative estimate of drug-likeness (QED) is 0.510. The van der Waals surface area contributed by atoms with Crippen LogP contribution in [0.15, 0.2) is 0 Å². The lowest BCUT2D eigenvalue weighted by molar-refractivity contribution is 0.0769. The van der Waals surface area contributed by atoms with Gasteiger partial charge in [0.15, 0.2) is 0 Å². The number of piperidine rings is 1. The van der Waals surface area contributed by atoms with Gasteiger partial charge in [-0.25, -0.2) is 4.79 Å². The Bertz CT molecular complexity index is 161. The van der Waals surface area contributed by atoms with E-state index in [4.69, 9.17) is 11.6 Å². The number of aliphatic hydroxyl groups is 1. The first-order valence-electron chi connectivity index (χ1n) is 3.71. The third-order valence-corrected chi connectivity index (χ3v) is 1.61. The maximum Gasteiger partial charge on any atom is 0.407 e. The molecule has 0 radical (unpaired) electrons. The lowest BCUT2D eigenvalue weighted by Crippen LogP contribution is -2.39. The predicted molar refractivity (Wildman–Crippen MR) is 34.8 cm³/mol. The van der Waals surface area contributed by atoms with Crippen LogP contribution in [-0.2, 0) is 0 Å². The van der Waals surface area contributed by atoms with Gasteiger partial charge >= 0.3 is 6.09 Å². The number of amides is 1. The van der Waals surface area contributed by atoms with Crippen molar-refractivity contribution in [3.63, 3.8) is 0 Å². The van der Waals surface area contributed by atoms with Crippen molar-refractivity contribution in [3.05, 3.63) is 0 Å². The second-order valence-electron chi connectivity index (χ2n) is 2.34. The summed E-state index contributed by atoms with van der Waals surface area (Å²) in [7, 11) is 0. The van der Waals surface area contributed by atoms with Crippen LogP contribution in [0.1, 0.15) is 14.2 Å². The molecule has 0 aliphatic carbocycles. The molecule has 4 nitrogen and oxygen atoms in total. The molecule has 1 aliphatic rings. The Hall–Kier alpha value is -0.770. The Morgan fingerprint density at radius 3 is 2.50 bits per heavy atom. The third kappa shape index (κ3) is 1.60. The zero-order valence-electron chi connectivity index (χ0n) is 6.58. The van der Waals surface area contributed by atoms with E-state index in [-0.39, 0.29) is 25.9 Å². The first-order chi connectivity index (χ1) is 5.01. The van der Waals surface area contributed by atoms with E-state index in [1.54, 1.807) is 0 Å². The van der Waals surface area contributed by atoms with Crippen LogP contribution in [0.2, 0.25) is 0 Å². The van der Waals surface area contributed by atoms with Crippen LogP contribution >= 0.6 is 0 Å². The van der Waals surface area contributed by atoms with E-state index in [9.17, 15) is 4.79 Å². The maximum absolute atomic E-state index is 10.3. The minimum absolute atomic E-state index is 0.208. The Morgan fingerprint density at radius 2 is 2.10 bits per heavy atom. The minimum Gasteiger partial charge on any atom is -0.465 e. The number of carbonyl (C=O) groups is 1. The topological polar surface area (TPSA) is 60.8 Å². The molecule has 1 amide bonds. The summed E-state index contributed by atoms with van der Waals surface area (Å²) in [6, 6.07) is 0. The average Bonchev–Trinajstić information content (AvgIpc) is 1.86. The van der Waals surface area contributed by atoms with Crippen LogP contribution < -0.4 is 0 Å². The van der Waals surface area contributed by atoms with E-state index in [2.05, 4.69) is 0 Å². The minimum atomic E-state index is -1.41. The number of hydrogen-bond donors (Lipinski definition) is 2. The number of hydrogen-bond acceptors (Lipinski definition) is 2. The average molecular weight is 146 g/mol. The molecule has 1 rings (SSSR count). The van der Waals surface area contributed by atoms with Crippen molar-refractivity contribution in [1.29, 1.82) is 0 Å². The number of carboxylic acid groups (broad SMARTS) is 1. The smallest absolute Gasteiger partial charge is 0.407 e. The molecule has 0 aromatic heterocycles. The van der Waals surface area contributed by atoms with E-state index in [0.29, 0.717) is 0 Å². The van der Waals surface area contributed by atoms with Crippen molar-refractivity contribution < 1.29 is 16.4 Å². The fourth-order valence-corrected chi connectivity index (χ4v) is 0.956. The van der Waals surface area contributed by atoms with Crippen LogP contribution in [0.3, 0.4) is 0 Å². The summed E-state index contributed by atoms with van der Waals surface area (Å²) in [5.74, 6) is 0. The van der Waals surface area contributed by atoms with Crippen molar-refractivity contribution >= 4 is 6.09 Å². The Labute approximate surface area is 60.5 Å². The summed E-state index contributed by atoms with van der Waals surface area (Å²) in [5, 5.41) is 17.6. The lowest BCUT2D eigenvalue weighted by atomic mass is 10.1. The van der Waals surface area contributed by atoms with E-state index in [1.165, 1.54) is 4.90 Å². The molecule has 2 N–H and O–H groups in total. The van der Waals surface area contributed by atoms with Gasteiger partial charge in [-0.3, -0.25) is 0 Å². The van der Waals surface area contributed by atoms with Crippen molar-refractivity contribution in [3.8, 4) is 0 Å². The van der Waals surface area contributed by atoms with Gasteiger partial charge in [0.05, 0.1) is 7.45 Å². The normalized spacial score (nSPS) is 25.7. The second-order valence-corrected chi connectivity index (χ2v) is 2.34. The fourth-order valence-electron chi connectivity index (χ4n) is 0.956. The molecule has 58 valence electrons. The van der Waals surface area contributed by atoms with Gasteiger partial charge in [0.25, 0.3) is 0 Å². The molecule has 0 aromatic rings. The van der Waals surface area contributed by atoms with Crippen LogP contribution in [0.25, 0.3) is 0 Å². The Kier molecular flexibility index (Phi) is 1.72. The molecule has 1 fully saturated rings. The Morgan fingerprint density at radius 1 is 1.60 bits per heavy atom. The summed E-state index contributed by atoms with van der Waals surface area (Å²) in [6.45, 7) is 0.519. The van der Waals surface area contributed by atoms with Gasteiger partial charge < -0.3 is 15.1 Å². The molecule has 0 unspecified atom stereocenters. The van der Waals surface area contributed by atoms with Gasteiger partial charge in [-0.2, -0.15) is 0 Å². The number of likely N-dealkylation sites (tertiary alicyclic amines) is 1. The summed E-state index contributed by atoms with van der Waals surface area (Å²) in [5.41, 5.74) is 0. The highest BCUT2D eigenvalue weighted by Crippen LogP contribution is 2.08. The van der Waals surface area contributed by atoms with Gasteiger partial charge in [-0.05, 0) is 12.8 Å². The monoisotopic (exact) mass is 146 g/mol. The standard InChI is InChI=1S/C6H11NO3/c8-5-1-3-7(4-2-5)6(9)10/h5,8H,1-4H2,(H,9,10)/i5D. The maximum atomic E-state index is 10.3. The molecule has 10 heavy (non-hydrogen) atoms. The summed E-state index contributed by atoms with van der Waals surface area (Å²) in [6.07, 6.45) is -1.97. The zero-order chi connectivity index (χ0) is 8.48. The van der Waals surface area contributed by atoms with Crippen LogP contribution in [0.5, 0.6) is 0 Å². The molecule has 0 spiro atoms. The van der Waals surface area contributed by atoms with Gasteiger partial charge in [0.2, 0.25) is 0 Å². The highest BCUT2D eigenvalue weighted by atomic mass is 16.4. The van der Waals surface area contributed by atoms with Crippen molar-refractivity contribution in [1.82, 2.24) is 4.90 Å². The van der Waals surface area contributed by atoms with E-state index in [0.717, 1.165) is 0 Å². The second kappa shape index (κ2) is 2.88. The van der Waals surface area contributed by atoms with Crippen LogP contribution in [0, 0.1) is 0 Å². The lowest BCUT2D eigenvalue weighted by Gasteiger charge is -2.26. The van der Waals surface area contributed by atoms with Crippen LogP contribution in [-0.4, -0.2) is 40.4 Å². The fraction of sp³-hybridized carbons (Fsp3) is 0.833. The predicted octanol–water partition coefficient (Wildman–Crippen LogP) is 0.121. The largest absolute Gasteiger partial charge is 0.465 e. The van der Waals surface area contributed by atoms with Crippen molar-refractivity contribution in [2.24, 2.45) is 0 Å². The molecular weight excluding hydrogens is 134 g/mol. The molecule has 0 aromatic carbocycles. The molecule has 0 bridgehead atoms. The summed E-state index contributed by atoms with van der Waals surface area (Å²) in [4.78, 5) is 11.6. The highest BCUT2D eigenvalue weighted by Gasteiger charge is 2.19. The summed E-state index contributed by atoms with van der Waals surface area (Å²) >= 11 is 0. The van der Waals surface area contributed by atoms with Crippen molar-refractivity contribution in [2.45, 2.75) is 18.9 Å². The van der Waals surface area contributed by atoms with E-state index >= 15 is 0 Å².